The summed E-state index contributed by atoms with van der Waals surface area (Å²) < 4.78 is 5.91. The van der Waals surface area contributed by atoms with E-state index in [9.17, 15) is 0 Å². The first-order chi connectivity index (χ1) is 8.61. The van der Waals surface area contributed by atoms with Crippen molar-refractivity contribution in [3.63, 3.8) is 0 Å². The molecule has 0 saturated heterocycles. The van der Waals surface area contributed by atoms with Crippen LogP contribution in [0.5, 0.6) is 0 Å². The summed E-state index contributed by atoms with van der Waals surface area (Å²) in [6, 6.07) is 0. The van der Waals surface area contributed by atoms with Crippen LogP contribution in [0.25, 0.3) is 0 Å². The molecule has 1 aromatic heterocycles. The zero-order chi connectivity index (χ0) is 13.2. The highest BCUT2D eigenvalue weighted by Gasteiger charge is 2.39. The van der Waals surface area contributed by atoms with Crippen molar-refractivity contribution in [3.05, 3.63) is 16.1 Å². The van der Waals surface area contributed by atoms with Gasteiger partial charge in [0.15, 0.2) is 0 Å². The second-order valence-electron chi connectivity index (χ2n) is 5.79. The lowest BCUT2D eigenvalue weighted by Gasteiger charge is -2.37. The van der Waals surface area contributed by atoms with Gasteiger partial charge in [-0.15, -0.1) is 11.3 Å². The Kier molecular flexibility index (Phi) is 4.44. The highest BCUT2D eigenvalue weighted by Crippen LogP contribution is 2.44. The summed E-state index contributed by atoms with van der Waals surface area (Å²) in [7, 11) is 1.85. The largest absolute Gasteiger partial charge is 0.371 e. The van der Waals surface area contributed by atoms with Crippen LogP contribution in [0, 0.1) is 5.92 Å². The maximum absolute atomic E-state index is 5.91. The third-order valence-electron chi connectivity index (χ3n) is 4.38. The number of hydrogen-bond donors (Lipinski definition) is 0. The summed E-state index contributed by atoms with van der Waals surface area (Å²) >= 11 is 1.79. The molecule has 0 aliphatic heterocycles. The second-order valence-corrected chi connectivity index (χ2v) is 6.64. The summed E-state index contributed by atoms with van der Waals surface area (Å²) in [5.74, 6) is 1.31. The fourth-order valence-electron chi connectivity index (χ4n) is 2.90. The molecular formula is C15H25NOS. The molecular weight excluding hydrogens is 242 g/mol. The zero-order valence-electron chi connectivity index (χ0n) is 12.0. The van der Waals surface area contributed by atoms with E-state index < -0.39 is 0 Å². The quantitative estimate of drug-likeness (QED) is 0.788. The maximum Gasteiger partial charge on any atom is 0.125 e. The minimum atomic E-state index is -0.103. The van der Waals surface area contributed by atoms with Crippen LogP contribution in [0.4, 0.5) is 0 Å². The van der Waals surface area contributed by atoms with Gasteiger partial charge < -0.3 is 4.74 Å². The molecule has 1 aliphatic rings. The van der Waals surface area contributed by atoms with Crippen LogP contribution in [-0.4, -0.2) is 12.1 Å². The molecule has 18 heavy (non-hydrogen) atoms. The van der Waals surface area contributed by atoms with E-state index in [1.54, 1.807) is 11.3 Å². The van der Waals surface area contributed by atoms with Crippen LogP contribution in [0.1, 0.15) is 69.5 Å². The van der Waals surface area contributed by atoms with Crippen molar-refractivity contribution in [2.24, 2.45) is 5.92 Å². The van der Waals surface area contributed by atoms with Crippen molar-refractivity contribution in [3.8, 4) is 0 Å². The van der Waals surface area contributed by atoms with Crippen molar-refractivity contribution >= 4 is 11.3 Å². The van der Waals surface area contributed by atoms with E-state index >= 15 is 0 Å². The lowest BCUT2D eigenvalue weighted by molar-refractivity contribution is -0.0581. The highest BCUT2D eigenvalue weighted by molar-refractivity contribution is 7.09. The molecule has 2 nitrogen and oxygen atoms in total. The van der Waals surface area contributed by atoms with Crippen LogP contribution in [0.15, 0.2) is 5.38 Å². The Morgan fingerprint density at radius 2 is 2.39 bits per heavy atom. The molecule has 102 valence electrons. The van der Waals surface area contributed by atoms with Gasteiger partial charge in [-0.3, -0.25) is 0 Å². The number of nitrogens with zero attached hydrogens (tertiary/aromatic N) is 1. The Hall–Kier alpha value is -0.410. The van der Waals surface area contributed by atoms with E-state index in [1.807, 2.05) is 7.11 Å². The van der Waals surface area contributed by atoms with E-state index in [1.165, 1.54) is 23.5 Å². The fourth-order valence-corrected chi connectivity index (χ4v) is 4.06. The number of methoxy groups -OCH3 is 1. The van der Waals surface area contributed by atoms with E-state index in [0.29, 0.717) is 5.92 Å². The number of hydrogen-bond acceptors (Lipinski definition) is 3. The minimum Gasteiger partial charge on any atom is -0.371 e. The summed E-state index contributed by atoms with van der Waals surface area (Å²) in [5, 5.41) is 3.43. The molecule has 1 saturated carbocycles. The summed E-state index contributed by atoms with van der Waals surface area (Å²) in [4.78, 5) is 4.88. The molecule has 0 N–H and O–H groups in total. The summed E-state index contributed by atoms with van der Waals surface area (Å²) in [5.41, 5.74) is 1.14. The molecule has 1 fully saturated rings. The van der Waals surface area contributed by atoms with Crippen molar-refractivity contribution in [2.45, 2.75) is 64.4 Å². The Labute approximate surface area is 115 Å². The Balaban J connectivity index is 2.24. The van der Waals surface area contributed by atoms with Crippen LogP contribution < -0.4 is 0 Å². The molecule has 0 radical (unpaired) electrons. The van der Waals surface area contributed by atoms with Crippen molar-refractivity contribution in [1.82, 2.24) is 4.98 Å². The molecule has 3 atom stereocenters. The van der Waals surface area contributed by atoms with Crippen LogP contribution in [0.3, 0.4) is 0 Å². The maximum atomic E-state index is 5.91. The van der Waals surface area contributed by atoms with Gasteiger partial charge in [0.25, 0.3) is 0 Å². The molecule has 0 amide bonds. The monoisotopic (exact) mass is 267 g/mol. The van der Waals surface area contributed by atoms with E-state index in [2.05, 4.69) is 26.2 Å². The van der Waals surface area contributed by atoms with Gasteiger partial charge in [0, 0.05) is 12.5 Å². The first-order valence-electron chi connectivity index (χ1n) is 7.12. The number of ether oxygens (including phenoxy) is 1. The van der Waals surface area contributed by atoms with Crippen LogP contribution >= 0.6 is 11.3 Å². The summed E-state index contributed by atoms with van der Waals surface area (Å²) in [6.07, 6.45) is 5.99. The van der Waals surface area contributed by atoms with Gasteiger partial charge in [-0.1, -0.05) is 27.2 Å². The van der Waals surface area contributed by atoms with Crippen molar-refractivity contribution < 1.29 is 4.74 Å². The Morgan fingerprint density at radius 3 is 3.00 bits per heavy atom. The van der Waals surface area contributed by atoms with E-state index in [4.69, 9.17) is 9.72 Å². The normalized spacial score (nSPS) is 30.3. The van der Waals surface area contributed by atoms with Gasteiger partial charge in [0.1, 0.15) is 10.6 Å². The Bertz CT molecular complexity index is 390. The number of thiazole rings is 1. The third-order valence-corrected chi connectivity index (χ3v) is 5.42. The van der Waals surface area contributed by atoms with Gasteiger partial charge in [-0.2, -0.15) is 0 Å². The fraction of sp³-hybridized carbons (Fsp3) is 0.800. The predicted molar refractivity (Wildman–Crippen MR) is 77.1 cm³/mol. The SMILES string of the molecule is CCC(C)c1csc(C2(OC)CCCC(C)C2)n1. The average molecular weight is 267 g/mol. The number of rotatable bonds is 4. The summed E-state index contributed by atoms with van der Waals surface area (Å²) in [6.45, 7) is 6.80. The van der Waals surface area contributed by atoms with Gasteiger partial charge in [0.05, 0.1) is 5.69 Å². The first kappa shape index (κ1) is 14.0. The van der Waals surface area contributed by atoms with Crippen LogP contribution in [0.2, 0.25) is 0 Å². The van der Waals surface area contributed by atoms with E-state index in [0.717, 1.165) is 25.2 Å². The molecule has 3 heteroatoms. The molecule has 1 heterocycles. The predicted octanol–water partition coefficient (Wildman–Crippen LogP) is 4.71. The molecule has 0 aromatic carbocycles. The van der Waals surface area contributed by atoms with E-state index in [-0.39, 0.29) is 5.60 Å². The lowest BCUT2D eigenvalue weighted by atomic mass is 9.79. The zero-order valence-corrected chi connectivity index (χ0v) is 12.8. The smallest absolute Gasteiger partial charge is 0.125 e. The van der Waals surface area contributed by atoms with Gasteiger partial charge in [-0.25, -0.2) is 4.98 Å². The second kappa shape index (κ2) is 5.70. The minimum absolute atomic E-state index is 0.103. The average Bonchev–Trinajstić information content (AvgIpc) is 2.87. The van der Waals surface area contributed by atoms with Gasteiger partial charge in [-0.05, 0) is 37.5 Å². The molecule has 3 unspecified atom stereocenters. The van der Waals surface area contributed by atoms with Crippen molar-refractivity contribution in [2.75, 3.05) is 7.11 Å². The standard InChI is InChI=1S/C15H25NOS/c1-5-12(3)13-10-18-14(16-13)15(17-4)8-6-7-11(2)9-15/h10-12H,5-9H2,1-4H3. The van der Waals surface area contributed by atoms with Gasteiger partial charge in [0.2, 0.25) is 0 Å². The molecule has 1 aromatic rings. The van der Waals surface area contributed by atoms with Gasteiger partial charge >= 0.3 is 0 Å². The number of aromatic nitrogens is 1. The van der Waals surface area contributed by atoms with Crippen molar-refractivity contribution in [1.29, 1.82) is 0 Å². The highest BCUT2D eigenvalue weighted by atomic mass is 32.1. The lowest BCUT2D eigenvalue weighted by Crippen LogP contribution is -2.34. The molecule has 1 aliphatic carbocycles. The molecule has 0 bridgehead atoms. The molecule has 0 spiro atoms. The third kappa shape index (κ3) is 2.62. The Morgan fingerprint density at radius 1 is 1.61 bits per heavy atom. The van der Waals surface area contributed by atoms with Crippen LogP contribution in [-0.2, 0) is 10.3 Å². The molecule has 2 rings (SSSR count). The topological polar surface area (TPSA) is 22.1 Å². The first-order valence-corrected chi connectivity index (χ1v) is 8.00.